The highest BCUT2D eigenvalue weighted by atomic mass is 16.5. The lowest BCUT2D eigenvalue weighted by atomic mass is 9.89. The fourth-order valence-corrected chi connectivity index (χ4v) is 5.15. The van der Waals surface area contributed by atoms with Crippen molar-refractivity contribution in [3.8, 4) is 16.9 Å². The summed E-state index contributed by atoms with van der Waals surface area (Å²) in [7, 11) is 1.57. The first-order chi connectivity index (χ1) is 17.5. The zero-order valence-electron chi connectivity index (χ0n) is 20.1. The molecule has 4 aromatic carbocycles. The number of benzene rings is 4. The van der Waals surface area contributed by atoms with E-state index in [2.05, 4.69) is 17.4 Å². The topological polar surface area (TPSA) is 84.9 Å². The van der Waals surface area contributed by atoms with Gasteiger partial charge in [0.15, 0.2) is 0 Å². The number of methoxy groups -OCH3 is 1. The normalized spacial score (nSPS) is 13.9. The van der Waals surface area contributed by atoms with E-state index in [9.17, 15) is 14.7 Å². The molecule has 0 radical (unpaired) electrons. The maximum atomic E-state index is 12.8. The average Bonchev–Trinajstić information content (AvgIpc) is 3.23. The van der Waals surface area contributed by atoms with Crippen molar-refractivity contribution in [1.82, 2.24) is 5.32 Å². The summed E-state index contributed by atoms with van der Waals surface area (Å²) < 4.78 is 11.0. The molecular formula is C30H27NO5. The summed E-state index contributed by atoms with van der Waals surface area (Å²) in [5.41, 5.74) is 5.22. The number of carboxylic acids is 1. The second-order valence-electron chi connectivity index (χ2n) is 9.01. The first kappa shape index (κ1) is 23.4. The number of nitrogens with one attached hydrogen (secondary N) is 1. The van der Waals surface area contributed by atoms with Gasteiger partial charge >= 0.3 is 12.1 Å². The molecule has 0 saturated heterocycles. The molecule has 5 rings (SSSR count). The van der Waals surface area contributed by atoms with Gasteiger partial charge < -0.3 is 19.9 Å². The Morgan fingerprint density at radius 1 is 0.917 bits per heavy atom. The summed E-state index contributed by atoms with van der Waals surface area (Å²) in [5, 5.41) is 14.4. The Labute approximate surface area is 209 Å². The third kappa shape index (κ3) is 4.26. The molecule has 0 saturated carbocycles. The van der Waals surface area contributed by atoms with Gasteiger partial charge in [-0.15, -0.1) is 0 Å². The van der Waals surface area contributed by atoms with Gasteiger partial charge in [-0.25, -0.2) is 9.59 Å². The Kier molecular flexibility index (Phi) is 6.34. The molecular weight excluding hydrogens is 454 g/mol. The molecule has 36 heavy (non-hydrogen) atoms. The molecule has 0 bridgehead atoms. The van der Waals surface area contributed by atoms with Crippen molar-refractivity contribution < 1.29 is 24.2 Å². The van der Waals surface area contributed by atoms with Crippen molar-refractivity contribution in [2.45, 2.75) is 24.8 Å². The van der Waals surface area contributed by atoms with Crippen molar-refractivity contribution >= 4 is 22.8 Å². The van der Waals surface area contributed by atoms with Crippen LogP contribution in [0.4, 0.5) is 4.79 Å². The van der Waals surface area contributed by atoms with Crippen LogP contribution in [0.5, 0.6) is 5.75 Å². The fourth-order valence-electron chi connectivity index (χ4n) is 5.15. The summed E-state index contributed by atoms with van der Waals surface area (Å²) in [6, 6.07) is 26.4. The SMILES string of the molecule is COc1cc([C@H](C)[C@H](NC(=O)OCC2c3ccccc3-c3ccccc32)C(=O)O)c2ccccc2c1. The third-order valence-corrected chi connectivity index (χ3v) is 6.98. The summed E-state index contributed by atoms with van der Waals surface area (Å²) in [4.78, 5) is 25.1. The Balaban J connectivity index is 1.35. The van der Waals surface area contributed by atoms with Gasteiger partial charge in [0.05, 0.1) is 7.11 Å². The molecule has 2 atom stereocenters. The van der Waals surface area contributed by atoms with Crippen LogP contribution in [0.15, 0.2) is 84.9 Å². The number of alkyl carbamates (subject to hydrolysis) is 1. The number of ether oxygens (including phenoxy) is 2. The first-order valence-electron chi connectivity index (χ1n) is 11.9. The van der Waals surface area contributed by atoms with E-state index in [1.165, 1.54) is 0 Å². The van der Waals surface area contributed by atoms with Crippen LogP contribution in [0.25, 0.3) is 21.9 Å². The van der Waals surface area contributed by atoms with Gasteiger partial charge in [-0.05, 0) is 50.7 Å². The predicted molar refractivity (Wildman–Crippen MR) is 139 cm³/mol. The Morgan fingerprint density at radius 3 is 2.17 bits per heavy atom. The molecule has 0 aromatic heterocycles. The van der Waals surface area contributed by atoms with Crippen molar-refractivity contribution in [2.75, 3.05) is 13.7 Å². The number of rotatable bonds is 7. The second-order valence-corrected chi connectivity index (χ2v) is 9.01. The highest BCUT2D eigenvalue weighted by molar-refractivity contribution is 5.89. The summed E-state index contributed by atoms with van der Waals surface area (Å²) in [5.74, 6) is -1.15. The van der Waals surface area contributed by atoms with Crippen LogP contribution in [-0.4, -0.2) is 36.9 Å². The number of aliphatic carboxylic acids is 1. The fraction of sp³-hybridized carbons (Fsp3) is 0.200. The van der Waals surface area contributed by atoms with Crippen molar-refractivity contribution in [3.05, 3.63) is 102 Å². The zero-order valence-corrected chi connectivity index (χ0v) is 20.1. The lowest BCUT2D eigenvalue weighted by molar-refractivity contribution is -0.139. The minimum absolute atomic E-state index is 0.105. The van der Waals surface area contributed by atoms with Gasteiger partial charge in [0.25, 0.3) is 0 Å². The van der Waals surface area contributed by atoms with Crippen LogP contribution in [0, 0.1) is 0 Å². The van der Waals surface area contributed by atoms with E-state index < -0.39 is 24.0 Å². The van der Waals surface area contributed by atoms with Crippen LogP contribution in [0.2, 0.25) is 0 Å². The smallest absolute Gasteiger partial charge is 0.407 e. The standard InChI is InChI=1S/C30H27NO5/c1-18(26-16-20(35-2)15-19-9-3-4-10-21(19)26)28(29(32)33)31-30(34)36-17-27-24-13-7-5-11-22(24)23-12-6-8-14-25(23)27/h3-16,18,27-28H,17H2,1-2H3,(H,31,34)(H,32,33)/t18-,28-/m0/s1. The van der Waals surface area contributed by atoms with Crippen molar-refractivity contribution in [3.63, 3.8) is 0 Å². The molecule has 1 aliphatic rings. The molecule has 0 aliphatic heterocycles. The van der Waals surface area contributed by atoms with Gasteiger partial charge in [-0.1, -0.05) is 79.7 Å². The van der Waals surface area contributed by atoms with Crippen LogP contribution in [0.3, 0.4) is 0 Å². The summed E-state index contributed by atoms with van der Waals surface area (Å²) >= 11 is 0. The molecule has 4 aromatic rings. The Bertz CT molecular complexity index is 1400. The van der Waals surface area contributed by atoms with Gasteiger partial charge in [-0.2, -0.15) is 0 Å². The molecule has 0 fully saturated rings. The van der Waals surface area contributed by atoms with E-state index >= 15 is 0 Å². The molecule has 1 amide bonds. The van der Waals surface area contributed by atoms with Crippen LogP contribution in [-0.2, 0) is 9.53 Å². The van der Waals surface area contributed by atoms with Gasteiger partial charge in [-0.3, -0.25) is 0 Å². The van der Waals surface area contributed by atoms with Crippen LogP contribution < -0.4 is 10.1 Å². The second kappa shape index (κ2) is 9.74. The van der Waals surface area contributed by atoms with Gasteiger partial charge in [0, 0.05) is 11.8 Å². The molecule has 2 N–H and O–H groups in total. The molecule has 0 spiro atoms. The van der Waals surface area contributed by atoms with Crippen LogP contribution in [0.1, 0.15) is 35.4 Å². The number of hydrogen-bond acceptors (Lipinski definition) is 4. The zero-order chi connectivity index (χ0) is 25.2. The number of amides is 1. The number of carbonyl (C=O) groups is 2. The monoisotopic (exact) mass is 481 g/mol. The minimum Gasteiger partial charge on any atom is -0.497 e. The summed E-state index contributed by atoms with van der Waals surface area (Å²) in [6.45, 7) is 1.90. The van der Waals surface area contributed by atoms with E-state index in [-0.39, 0.29) is 12.5 Å². The lowest BCUT2D eigenvalue weighted by Crippen LogP contribution is -2.44. The largest absolute Gasteiger partial charge is 0.497 e. The van der Waals surface area contributed by atoms with Crippen molar-refractivity contribution in [1.29, 1.82) is 0 Å². The number of hydrogen-bond donors (Lipinski definition) is 2. The lowest BCUT2D eigenvalue weighted by Gasteiger charge is -2.24. The molecule has 0 unspecified atom stereocenters. The van der Waals surface area contributed by atoms with E-state index in [1.807, 2.05) is 72.8 Å². The highest BCUT2D eigenvalue weighted by Gasteiger charge is 2.32. The van der Waals surface area contributed by atoms with E-state index in [0.29, 0.717) is 5.75 Å². The Hall–Kier alpha value is -4.32. The summed E-state index contributed by atoms with van der Waals surface area (Å²) in [6.07, 6.45) is -0.761. The number of carbonyl (C=O) groups excluding carboxylic acids is 1. The van der Waals surface area contributed by atoms with Gasteiger partial charge in [0.2, 0.25) is 0 Å². The average molecular weight is 482 g/mol. The molecule has 182 valence electrons. The molecule has 6 heteroatoms. The van der Waals surface area contributed by atoms with E-state index in [0.717, 1.165) is 38.6 Å². The third-order valence-electron chi connectivity index (χ3n) is 6.98. The maximum Gasteiger partial charge on any atom is 0.407 e. The predicted octanol–water partition coefficient (Wildman–Crippen LogP) is 5.94. The van der Waals surface area contributed by atoms with E-state index in [4.69, 9.17) is 9.47 Å². The van der Waals surface area contributed by atoms with Gasteiger partial charge in [0.1, 0.15) is 18.4 Å². The molecule has 6 nitrogen and oxygen atoms in total. The van der Waals surface area contributed by atoms with Crippen molar-refractivity contribution in [2.24, 2.45) is 0 Å². The highest BCUT2D eigenvalue weighted by Crippen LogP contribution is 2.44. The number of fused-ring (bicyclic) bond motifs is 4. The molecule has 1 aliphatic carbocycles. The minimum atomic E-state index is -1.18. The van der Waals surface area contributed by atoms with Crippen LogP contribution >= 0.6 is 0 Å². The first-order valence-corrected chi connectivity index (χ1v) is 11.9. The number of carboxylic acid groups (broad SMARTS) is 1. The van der Waals surface area contributed by atoms with E-state index in [1.54, 1.807) is 14.0 Å². The Morgan fingerprint density at radius 2 is 1.53 bits per heavy atom. The maximum absolute atomic E-state index is 12.8. The molecule has 0 heterocycles. The quantitative estimate of drug-likeness (QED) is 0.341.